The summed E-state index contributed by atoms with van der Waals surface area (Å²) < 4.78 is 1.76. The van der Waals surface area contributed by atoms with Crippen LogP contribution in [0.4, 0.5) is 0 Å². The van der Waals surface area contributed by atoms with Crippen LogP contribution < -0.4 is 0 Å². The van der Waals surface area contributed by atoms with Crippen molar-refractivity contribution in [2.75, 3.05) is 0 Å². The van der Waals surface area contributed by atoms with Crippen LogP contribution in [0.1, 0.15) is 39.7 Å². The molecule has 3 heteroatoms. The van der Waals surface area contributed by atoms with Gasteiger partial charge in [-0.2, -0.15) is 5.10 Å². The second-order valence-electron chi connectivity index (χ2n) is 5.43. The summed E-state index contributed by atoms with van der Waals surface area (Å²) in [5.41, 5.74) is 6.80. The Morgan fingerprint density at radius 3 is 2.16 bits per heavy atom. The normalized spacial score (nSPS) is 12.7. The summed E-state index contributed by atoms with van der Waals surface area (Å²) in [5.74, 6) is 0. The van der Waals surface area contributed by atoms with E-state index >= 15 is 0 Å². The number of aliphatic hydroxyl groups is 1. The Bertz CT molecular complexity index is 576. The molecule has 0 aliphatic rings. The maximum atomic E-state index is 10.4. The zero-order valence-electron chi connectivity index (χ0n) is 12.4. The maximum absolute atomic E-state index is 10.4. The first kappa shape index (κ1) is 13.8. The molecule has 2 rings (SSSR count). The lowest BCUT2D eigenvalue weighted by atomic mass is 9.94. The lowest BCUT2D eigenvalue weighted by Gasteiger charge is -2.16. The Kier molecular flexibility index (Phi) is 3.76. The Morgan fingerprint density at radius 1 is 1.11 bits per heavy atom. The minimum atomic E-state index is -0.508. The van der Waals surface area contributed by atoms with E-state index in [1.54, 1.807) is 4.68 Å². The van der Waals surface area contributed by atoms with Gasteiger partial charge in [-0.1, -0.05) is 17.7 Å². The molecule has 1 aromatic carbocycles. The van der Waals surface area contributed by atoms with Gasteiger partial charge in [-0.3, -0.25) is 4.68 Å². The topological polar surface area (TPSA) is 38.1 Å². The molecule has 1 atom stereocenters. The van der Waals surface area contributed by atoms with Crippen molar-refractivity contribution < 1.29 is 5.11 Å². The molecule has 19 heavy (non-hydrogen) atoms. The van der Waals surface area contributed by atoms with Crippen molar-refractivity contribution in [3.63, 3.8) is 0 Å². The maximum Gasteiger partial charge on any atom is 0.0997 e. The summed E-state index contributed by atoms with van der Waals surface area (Å²) >= 11 is 0. The number of aliphatic hydroxyl groups excluding tert-OH is 1. The molecule has 102 valence electrons. The van der Waals surface area contributed by atoms with Crippen LogP contribution in [0.3, 0.4) is 0 Å². The Morgan fingerprint density at radius 2 is 1.68 bits per heavy atom. The van der Waals surface area contributed by atoms with Gasteiger partial charge >= 0.3 is 0 Å². The van der Waals surface area contributed by atoms with Crippen LogP contribution in [0.15, 0.2) is 18.2 Å². The molecule has 1 N–H and O–H groups in total. The Labute approximate surface area is 114 Å². The van der Waals surface area contributed by atoms with Crippen molar-refractivity contribution in [2.45, 2.75) is 40.2 Å². The molecule has 0 spiro atoms. The molecule has 0 aliphatic heterocycles. The third-order valence-corrected chi connectivity index (χ3v) is 3.62. The second kappa shape index (κ2) is 5.17. The SMILES string of the molecule is Cc1cc(C)c(CC(O)c2cc(C)nn2C)c(C)c1. The van der Waals surface area contributed by atoms with Crippen molar-refractivity contribution in [1.82, 2.24) is 9.78 Å². The van der Waals surface area contributed by atoms with Crippen molar-refractivity contribution in [3.8, 4) is 0 Å². The minimum Gasteiger partial charge on any atom is -0.386 e. The molecule has 1 heterocycles. The molecule has 0 amide bonds. The van der Waals surface area contributed by atoms with Gasteiger partial charge in [0.15, 0.2) is 0 Å². The van der Waals surface area contributed by atoms with Gasteiger partial charge in [0.25, 0.3) is 0 Å². The van der Waals surface area contributed by atoms with E-state index in [0.717, 1.165) is 11.4 Å². The van der Waals surface area contributed by atoms with Gasteiger partial charge in [0.05, 0.1) is 17.5 Å². The molecule has 0 saturated heterocycles. The van der Waals surface area contributed by atoms with Gasteiger partial charge in [0, 0.05) is 13.5 Å². The highest BCUT2D eigenvalue weighted by atomic mass is 16.3. The molecule has 0 fully saturated rings. The monoisotopic (exact) mass is 258 g/mol. The van der Waals surface area contributed by atoms with Gasteiger partial charge in [0.1, 0.15) is 0 Å². The molecule has 3 nitrogen and oxygen atoms in total. The fourth-order valence-electron chi connectivity index (χ4n) is 2.77. The standard InChI is InChI=1S/C16H22N2O/c1-10-6-11(2)14(12(3)7-10)9-16(19)15-8-13(4)17-18(15)5/h6-8,16,19H,9H2,1-5H3. The summed E-state index contributed by atoms with van der Waals surface area (Å²) in [4.78, 5) is 0. The van der Waals surface area contributed by atoms with Crippen molar-refractivity contribution in [3.05, 3.63) is 51.8 Å². The molecule has 0 aliphatic carbocycles. The van der Waals surface area contributed by atoms with Gasteiger partial charge < -0.3 is 5.11 Å². The van der Waals surface area contributed by atoms with Crippen LogP contribution in [0, 0.1) is 27.7 Å². The predicted octanol–water partition coefficient (Wildman–Crippen LogP) is 2.93. The smallest absolute Gasteiger partial charge is 0.0997 e. The quantitative estimate of drug-likeness (QED) is 0.919. The van der Waals surface area contributed by atoms with E-state index in [1.807, 2.05) is 20.0 Å². The predicted molar refractivity (Wildman–Crippen MR) is 77.3 cm³/mol. The lowest BCUT2D eigenvalue weighted by molar-refractivity contribution is 0.168. The lowest BCUT2D eigenvalue weighted by Crippen LogP contribution is -2.09. The van der Waals surface area contributed by atoms with Crippen molar-refractivity contribution in [2.24, 2.45) is 7.05 Å². The number of hydrogen-bond donors (Lipinski definition) is 1. The van der Waals surface area contributed by atoms with Crippen molar-refractivity contribution >= 4 is 0 Å². The molecule has 1 aromatic heterocycles. The first-order chi connectivity index (χ1) is 8.88. The van der Waals surface area contributed by atoms with Gasteiger partial charge in [0.2, 0.25) is 0 Å². The van der Waals surface area contributed by atoms with Gasteiger partial charge in [-0.15, -0.1) is 0 Å². The first-order valence-electron chi connectivity index (χ1n) is 6.64. The zero-order valence-corrected chi connectivity index (χ0v) is 12.4. The Hall–Kier alpha value is -1.61. The van der Waals surface area contributed by atoms with Crippen LogP contribution in [-0.2, 0) is 13.5 Å². The second-order valence-corrected chi connectivity index (χ2v) is 5.43. The number of hydrogen-bond acceptors (Lipinski definition) is 2. The summed E-state index contributed by atoms with van der Waals surface area (Å²) in [6, 6.07) is 6.29. The number of nitrogens with zero attached hydrogens (tertiary/aromatic N) is 2. The number of benzene rings is 1. The molecule has 0 bridgehead atoms. The van der Waals surface area contributed by atoms with Crippen molar-refractivity contribution in [1.29, 1.82) is 0 Å². The number of rotatable bonds is 3. The van der Waals surface area contributed by atoms with E-state index in [1.165, 1.54) is 22.3 Å². The highest BCUT2D eigenvalue weighted by molar-refractivity contribution is 5.38. The fraction of sp³-hybridized carbons (Fsp3) is 0.438. The van der Waals surface area contributed by atoms with Gasteiger partial charge in [-0.25, -0.2) is 0 Å². The molecule has 2 aromatic rings. The molecule has 0 saturated carbocycles. The van der Waals surface area contributed by atoms with Crippen LogP contribution >= 0.6 is 0 Å². The number of aryl methyl sites for hydroxylation is 5. The van der Waals surface area contributed by atoms with E-state index < -0.39 is 6.10 Å². The summed E-state index contributed by atoms with van der Waals surface area (Å²) in [6.45, 7) is 8.26. The third kappa shape index (κ3) is 2.87. The third-order valence-electron chi connectivity index (χ3n) is 3.62. The zero-order chi connectivity index (χ0) is 14.2. The Balaban J connectivity index is 2.29. The highest BCUT2D eigenvalue weighted by Gasteiger charge is 2.16. The van der Waals surface area contributed by atoms with Crippen LogP contribution in [0.25, 0.3) is 0 Å². The van der Waals surface area contributed by atoms with E-state index in [4.69, 9.17) is 0 Å². The summed E-state index contributed by atoms with van der Waals surface area (Å²) in [6.07, 6.45) is 0.128. The van der Waals surface area contributed by atoms with Gasteiger partial charge in [-0.05, 0) is 50.5 Å². The van der Waals surface area contributed by atoms with Crippen LogP contribution in [0.2, 0.25) is 0 Å². The highest BCUT2D eigenvalue weighted by Crippen LogP contribution is 2.24. The minimum absolute atomic E-state index is 0.508. The average molecular weight is 258 g/mol. The fourth-order valence-corrected chi connectivity index (χ4v) is 2.77. The van der Waals surface area contributed by atoms with Crippen LogP contribution in [-0.4, -0.2) is 14.9 Å². The molecular weight excluding hydrogens is 236 g/mol. The summed E-state index contributed by atoms with van der Waals surface area (Å²) in [7, 11) is 1.88. The van der Waals surface area contributed by atoms with E-state index in [9.17, 15) is 5.11 Å². The van der Waals surface area contributed by atoms with E-state index in [-0.39, 0.29) is 0 Å². The van der Waals surface area contributed by atoms with E-state index in [0.29, 0.717) is 6.42 Å². The summed E-state index contributed by atoms with van der Waals surface area (Å²) in [5, 5.41) is 14.7. The number of aromatic nitrogens is 2. The van der Waals surface area contributed by atoms with E-state index in [2.05, 4.69) is 38.0 Å². The average Bonchev–Trinajstić information content (AvgIpc) is 2.62. The molecular formula is C16H22N2O. The first-order valence-corrected chi connectivity index (χ1v) is 6.64. The largest absolute Gasteiger partial charge is 0.386 e. The van der Waals surface area contributed by atoms with Crippen LogP contribution in [0.5, 0.6) is 0 Å². The molecule has 0 radical (unpaired) electrons. The molecule has 1 unspecified atom stereocenters.